The molecule has 0 bridgehead atoms. The fraction of sp³-hybridized carbons (Fsp3) is 0.111. The van der Waals surface area contributed by atoms with Crippen LogP contribution in [0.3, 0.4) is 0 Å². The summed E-state index contributed by atoms with van der Waals surface area (Å²) >= 11 is 4.88. The summed E-state index contributed by atoms with van der Waals surface area (Å²) in [7, 11) is 0. The average molecular weight is 415 g/mol. The Morgan fingerprint density at radius 1 is 1.28 bits per heavy atom. The van der Waals surface area contributed by atoms with Crippen LogP contribution < -0.4 is 14.3 Å². The first-order chi connectivity index (χ1) is 12.2. The standard InChI is InChI=1S/C18H11BrN2O3S/c1-2-7-21-13-5-4-12(19)9-16(13)25-18(21)20-17(22)11-3-6-14-15(8-11)24-10-23-14/h1,3-6,8-9H,7,10H2. The summed E-state index contributed by atoms with van der Waals surface area (Å²) in [5.41, 5.74) is 1.39. The second-order valence-corrected chi connectivity index (χ2v) is 7.20. The Morgan fingerprint density at radius 3 is 2.96 bits per heavy atom. The molecule has 7 heteroatoms. The molecule has 0 unspecified atom stereocenters. The smallest absolute Gasteiger partial charge is 0.279 e. The van der Waals surface area contributed by atoms with Crippen molar-refractivity contribution < 1.29 is 14.3 Å². The number of thiazole rings is 1. The molecule has 1 aliphatic heterocycles. The molecule has 0 N–H and O–H groups in total. The Morgan fingerprint density at radius 2 is 2.12 bits per heavy atom. The van der Waals surface area contributed by atoms with E-state index in [1.807, 2.05) is 22.8 Å². The minimum Gasteiger partial charge on any atom is -0.454 e. The topological polar surface area (TPSA) is 52.8 Å². The third kappa shape index (κ3) is 2.95. The van der Waals surface area contributed by atoms with Crippen LogP contribution in [-0.2, 0) is 6.54 Å². The van der Waals surface area contributed by atoms with Crippen molar-refractivity contribution in [2.75, 3.05) is 6.79 Å². The summed E-state index contributed by atoms with van der Waals surface area (Å²) < 4.78 is 14.4. The molecule has 0 saturated carbocycles. The molecule has 124 valence electrons. The summed E-state index contributed by atoms with van der Waals surface area (Å²) in [5, 5.41) is 0. The summed E-state index contributed by atoms with van der Waals surface area (Å²) in [4.78, 5) is 17.4. The Kier molecular flexibility index (Phi) is 4.07. The molecule has 4 rings (SSSR count). The number of terminal acetylenes is 1. The van der Waals surface area contributed by atoms with Crippen molar-refractivity contribution in [3.05, 3.63) is 51.2 Å². The number of aromatic nitrogens is 1. The summed E-state index contributed by atoms with van der Waals surface area (Å²) in [6.45, 7) is 0.506. The van der Waals surface area contributed by atoms with Crippen molar-refractivity contribution in [2.45, 2.75) is 6.54 Å². The molecule has 2 aromatic carbocycles. The average Bonchev–Trinajstić information content (AvgIpc) is 3.19. The van der Waals surface area contributed by atoms with Gasteiger partial charge in [-0.05, 0) is 36.4 Å². The molecule has 5 nitrogen and oxygen atoms in total. The van der Waals surface area contributed by atoms with E-state index in [-0.39, 0.29) is 12.7 Å². The fourth-order valence-corrected chi connectivity index (χ4v) is 4.14. The van der Waals surface area contributed by atoms with E-state index >= 15 is 0 Å². The van der Waals surface area contributed by atoms with Crippen LogP contribution in [0.1, 0.15) is 10.4 Å². The molecule has 1 aliphatic rings. The predicted molar refractivity (Wildman–Crippen MR) is 98.8 cm³/mol. The van der Waals surface area contributed by atoms with E-state index in [9.17, 15) is 4.79 Å². The first-order valence-corrected chi connectivity index (χ1v) is 8.98. The maximum Gasteiger partial charge on any atom is 0.279 e. The third-order valence-electron chi connectivity index (χ3n) is 3.71. The zero-order chi connectivity index (χ0) is 17.4. The Labute approximate surface area is 155 Å². The summed E-state index contributed by atoms with van der Waals surface area (Å²) in [5.74, 6) is 3.45. The number of hydrogen-bond donors (Lipinski definition) is 0. The molecule has 0 atom stereocenters. The molecule has 25 heavy (non-hydrogen) atoms. The van der Waals surface area contributed by atoms with Gasteiger partial charge in [-0.15, -0.1) is 6.42 Å². The second-order valence-electron chi connectivity index (χ2n) is 5.27. The highest BCUT2D eigenvalue weighted by atomic mass is 79.9. The predicted octanol–water partition coefficient (Wildman–Crippen LogP) is 3.57. The number of nitrogens with zero attached hydrogens (tertiary/aromatic N) is 2. The molecule has 1 aromatic heterocycles. The first-order valence-electron chi connectivity index (χ1n) is 7.37. The van der Waals surface area contributed by atoms with Crippen LogP contribution in [0.4, 0.5) is 0 Å². The molecule has 0 spiro atoms. The highest BCUT2D eigenvalue weighted by Crippen LogP contribution is 2.32. The minimum atomic E-state index is -0.352. The number of ether oxygens (including phenoxy) is 2. The van der Waals surface area contributed by atoms with Crippen molar-refractivity contribution in [3.63, 3.8) is 0 Å². The van der Waals surface area contributed by atoms with Gasteiger partial charge in [0.1, 0.15) is 0 Å². The van der Waals surface area contributed by atoms with E-state index < -0.39 is 0 Å². The quantitative estimate of drug-likeness (QED) is 0.602. The number of halogens is 1. The van der Waals surface area contributed by atoms with Crippen LogP contribution in [0.25, 0.3) is 10.2 Å². The van der Waals surface area contributed by atoms with Crippen LogP contribution in [0.15, 0.2) is 45.9 Å². The lowest BCUT2D eigenvalue weighted by molar-refractivity contribution is 0.0997. The zero-order valence-electron chi connectivity index (χ0n) is 12.9. The molecule has 1 amide bonds. The van der Waals surface area contributed by atoms with Crippen LogP contribution in [-0.4, -0.2) is 17.3 Å². The van der Waals surface area contributed by atoms with Crippen molar-refractivity contribution in [1.29, 1.82) is 0 Å². The fourth-order valence-electron chi connectivity index (χ4n) is 2.56. The molecule has 0 aliphatic carbocycles. The maximum absolute atomic E-state index is 12.6. The van der Waals surface area contributed by atoms with E-state index in [2.05, 4.69) is 26.8 Å². The van der Waals surface area contributed by atoms with Gasteiger partial charge in [0.15, 0.2) is 16.3 Å². The molecular weight excluding hydrogens is 404 g/mol. The number of benzene rings is 2. The van der Waals surface area contributed by atoms with E-state index in [1.165, 1.54) is 11.3 Å². The van der Waals surface area contributed by atoms with Gasteiger partial charge in [0, 0.05) is 10.0 Å². The van der Waals surface area contributed by atoms with Gasteiger partial charge in [0.05, 0.1) is 16.8 Å². The number of rotatable bonds is 2. The Hall–Kier alpha value is -2.56. The lowest BCUT2D eigenvalue weighted by Crippen LogP contribution is -2.16. The third-order valence-corrected chi connectivity index (χ3v) is 5.25. The minimum absolute atomic E-state index is 0.164. The number of hydrogen-bond acceptors (Lipinski definition) is 4. The molecule has 0 saturated heterocycles. The summed E-state index contributed by atoms with van der Waals surface area (Å²) in [6.07, 6.45) is 5.48. The van der Waals surface area contributed by atoms with Gasteiger partial charge >= 0.3 is 0 Å². The number of carbonyl (C=O) groups is 1. The van der Waals surface area contributed by atoms with Gasteiger partial charge < -0.3 is 14.0 Å². The SMILES string of the molecule is C#CCn1c(=NC(=O)c2ccc3c(c2)OCO3)sc2cc(Br)ccc21. The molecule has 0 fully saturated rings. The van der Waals surface area contributed by atoms with Crippen LogP contribution >= 0.6 is 27.3 Å². The maximum atomic E-state index is 12.6. The van der Waals surface area contributed by atoms with Gasteiger partial charge in [0.25, 0.3) is 5.91 Å². The monoisotopic (exact) mass is 414 g/mol. The van der Waals surface area contributed by atoms with E-state index in [0.717, 1.165) is 14.7 Å². The van der Waals surface area contributed by atoms with Crippen LogP contribution in [0, 0.1) is 12.3 Å². The largest absolute Gasteiger partial charge is 0.454 e. The molecular formula is C18H11BrN2O3S. The Balaban J connectivity index is 1.81. The lowest BCUT2D eigenvalue weighted by atomic mass is 10.2. The van der Waals surface area contributed by atoms with E-state index in [0.29, 0.717) is 28.4 Å². The van der Waals surface area contributed by atoms with Gasteiger partial charge in [0.2, 0.25) is 6.79 Å². The van der Waals surface area contributed by atoms with Crippen molar-refractivity contribution in [1.82, 2.24) is 4.57 Å². The van der Waals surface area contributed by atoms with Gasteiger partial charge in [-0.25, -0.2) is 0 Å². The highest BCUT2D eigenvalue weighted by Gasteiger charge is 2.16. The number of fused-ring (bicyclic) bond motifs is 2. The van der Waals surface area contributed by atoms with Crippen molar-refractivity contribution >= 4 is 43.4 Å². The second kappa shape index (κ2) is 6.39. The van der Waals surface area contributed by atoms with Gasteiger partial charge in [-0.1, -0.05) is 33.2 Å². The van der Waals surface area contributed by atoms with Gasteiger partial charge in [-0.2, -0.15) is 4.99 Å². The van der Waals surface area contributed by atoms with Crippen molar-refractivity contribution in [2.24, 2.45) is 4.99 Å². The molecule has 0 radical (unpaired) electrons. The van der Waals surface area contributed by atoms with Crippen LogP contribution in [0.5, 0.6) is 11.5 Å². The van der Waals surface area contributed by atoms with Crippen LogP contribution in [0.2, 0.25) is 0 Å². The molecule has 2 heterocycles. The van der Waals surface area contributed by atoms with E-state index in [4.69, 9.17) is 15.9 Å². The first kappa shape index (κ1) is 15.9. The highest BCUT2D eigenvalue weighted by molar-refractivity contribution is 9.10. The summed E-state index contributed by atoms with van der Waals surface area (Å²) in [6, 6.07) is 10.9. The van der Waals surface area contributed by atoms with Crippen molar-refractivity contribution in [3.8, 4) is 23.8 Å². The van der Waals surface area contributed by atoms with Gasteiger partial charge in [-0.3, -0.25) is 4.79 Å². The van der Waals surface area contributed by atoms with E-state index in [1.54, 1.807) is 18.2 Å². The molecule has 3 aromatic rings. The lowest BCUT2D eigenvalue weighted by Gasteiger charge is -2.00. The zero-order valence-corrected chi connectivity index (χ0v) is 15.3. The Bertz CT molecular complexity index is 1110. The number of carbonyl (C=O) groups excluding carboxylic acids is 1. The number of amides is 1. The normalized spacial score (nSPS) is 13.2.